The minimum absolute atomic E-state index is 0.0162. The fraction of sp³-hybridized carbons (Fsp3) is 0.235. The standard InChI is InChI=1S/C17H13BrClN3O3/c1-9-11(19)3-2-4-12(9)22-8-10(7-15(22)23)16-20-17(25-21-16)13-5-6-14(18)24-13/h2-6,10H,7-8H2,1H3. The van der Waals surface area contributed by atoms with Crippen LogP contribution in [-0.4, -0.2) is 22.6 Å². The highest BCUT2D eigenvalue weighted by Gasteiger charge is 2.35. The van der Waals surface area contributed by atoms with Crippen molar-refractivity contribution in [3.63, 3.8) is 0 Å². The summed E-state index contributed by atoms with van der Waals surface area (Å²) in [7, 11) is 0. The predicted molar refractivity (Wildman–Crippen MR) is 95.6 cm³/mol. The SMILES string of the molecule is Cc1c(Cl)cccc1N1CC(c2noc(-c3ccc(Br)o3)n2)CC1=O. The lowest BCUT2D eigenvalue weighted by molar-refractivity contribution is -0.117. The average molecular weight is 423 g/mol. The van der Waals surface area contributed by atoms with E-state index in [9.17, 15) is 4.79 Å². The molecule has 6 nitrogen and oxygen atoms in total. The highest BCUT2D eigenvalue weighted by molar-refractivity contribution is 9.10. The number of hydrogen-bond donors (Lipinski definition) is 0. The summed E-state index contributed by atoms with van der Waals surface area (Å²) in [5.41, 5.74) is 1.70. The minimum atomic E-state index is -0.137. The van der Waals surface area contributed by atoms with Crippen molar-refractivity contribution in [2.75, 3.05) is 11.4 Å². The summed E-state index contributed by atoms with van der Waals surface area (Å²) in [6, 6.07) is 9.03. The average Bonchev–Trinajstić information content (AvgIpc) is 3.29. The van der Waals surface area contributed by atoms with Crippen LogP contribution in [0.2, 0.25) is 5.02 Å². The topological polar surface area (TPSA) is 72.4 Å². The zero-order chi connectivity index (χ0) is 17.6. The number of carbonyl (C=O) groups is 1. The molecule has 1 fully saturated rings. The van der Waals surface area contributed by atoms with E-state index >= 15 is 0 Å². The summed E-state index contributed by atoms with van der Waals surface area (Å²) in [6.45, 7) is 2.39. The number of anilines is 1. The zero-order valence-corrected chi connectivity index (χ0v) is 15.5. The monoisotopic (exact) mass is 421 g/mol. The highest BCUT2D eigenvalue weighted by atomic mass is 79.9. The van der Waals surface area contributed by atoms with Crippen molar-refractivity contribution in [2.24, 2.45) is 0 Å². The second kappa shape index (κ2) is 6.31. The van der Waals surface area contributed by atoms with E-state index in [1.54, 1.807) is 17.0 Å². The number of hydrogen-bond acceptors (Lipinski definition) is 5. The molecule has 0 spiro atoms. The Kier molecular flexibility index (Phi) is 4.13. The lowest BCUT2D eigenvalue weighted by atomic mass is 10.1. The normalized spacial score (nSPS) is 17.5. The van der Waals surface area contributed by atoms with E-state index in [0.29, 0.717) is 40.1 Å². The van der Waals surface area contributed by atoms with E-state index in [0.717, 1.165) is 11.3 Å². The molecule has 3 aromatic rings. The van der Waals surface area contributed by atoms with Gasteiger partial charge in [0.25, 0.3) is 5.89 Å². The van der Waals surface area contributed by atoms with Gasteiger partial charge in [-0.3, -0.25) is 4.79 Å². The maximum Gasteiger partial charge on any atom is 0.293 e. The molecule has 0 N–H and O–H groups in total. The van der Waals surface area contributed by atoms with Gasteiger partial charge in [0.1, 0.15) is 0 Å². The smallest absolute Gasteiger partial charge is 0.293 e. The van der Waals surface area contributed by atoms with Gasteiger partial charge in [0.15, 0.2) is 16.3 Å². The van der Waals surface area contributed by atoms with E-state index < -0.39 is 0 Å². The molecule has 1 unspecified atom stereocenters. The van der Waals surface area contributed by atoms with Crippen LogP contribution >= 0.6 is 27.5 Å². The van der Waals surface area contributed by atoms with Crippen molar-refractivity contribution < 1.29 is 13.7 Å². The molecule has 128 valence electrons. The number of benzene rings is 1. The first-order valence-electron chi connectivity index (χ1n) is 7.67. The molecule has 4 rings (SSSR count). The Bertz CT molecular complexity index is 952. The van der Waals surface area contributed by atoms with Crippen LogP contribution in [0.5, 0.6) is 0 Å². The van der Waals surface area contributed by atoms with Crippen LogP contribution in [0.25, 0.3) is 11.7 Å². The molecule has 0 aliphatic carbocycles. The number of furan rings is 1. The molecule has 0 bridgehead atoms. The van der Waals surface area contributed by atoms with Crippen LogP contribution in [0.15, 0.2) is 43.9 Å². The van der Waals surface area contributed by atoms with Crippen LogP contribution in [0.3, 0.4) is 0 Å². The molecule has 2 aromatic heterocycles. The second-order valence-electron chi connectivity index (χ2n) is 5.85. The first-order chi connectivity index (χ1) is 12.0. The Morgan fingerprint density at radius 2 is 2.16 bits per heavy atom. The van der Waals surface area contributed by atoms with E-state index in [1.807, 2.05) is 25.1 Å². The van der Waals surface area contributed by atoms with Crippen molar-refractivity contribution in [2.45, 2.75) is 19.3 Å². The molecule has 25 heavy (non-hydrogen) atoms. The molecule has 3 heterocycles. The maximum atomic E-state index is 12.5. The third-order valence-electron chi connectivity index (χ3n) is 4.25. The van der Waals surface area contributed by atoms with Crippen LogP contribution < -0.4 is 4.90 Å². The zero-order valence-electron chi connectivity index (χ0n) is 13.2. The molecule has 8 heteroatoms. The molecular formula is C17H13BrClN3O3. The van der Waals surface area contributed by atoms with Gasteiger partial charge in [0.2, 0.25) is 5.91 Å². The summed E-state index contributed by atoms with van der Waals surface area (Å²) in [6.07, 6.45) is 0.326. The Morgan fingerprint density at radius 3 is 2.92 bits per heavy atom. The molecule has 1 atom stereocenters. The van der Waals surface area contributed by atoms with Crippen molar-refractivity contribution in [1.82, 2.24) is 10.1 Å². The number of rotatable bonds is 3. The van der Waals surface area contributed by atoms with Crippen molar-refractivity contribution >= 4 is 39.1 Å². The lowest BCUT2D eigenvalue weighted by Gasteiger charge is -2.19. The first kappa shape index (κ1) is 16.4. The fourth-order valence-corrected chi connectivity index (χ4v) is 3.41. The van der Waals surface area contributed by atoms with E-state index in [2.05, 4.69) is 26.1 Å². The largest absolute Gasteiger partial charge is 0.444 e. The fourth-order valence-electron chi connectivity index (χ4n) is 2.93. The number of amides is 1. The van der Waals surface area contributed by atoms with Crippen LogP contribution in [0.4, 0.5) is 5.69 Å². The van der Waals surface area contributed by atoms with Gasteiger partial charge in [-0.2, -0.15) is 4.98 Å². The van der Waals surface area contributed by atoms with E-state index in [4.69, 9.17) is 20.5 Å². The maximum absolute atomic E-state index is 12.5. The van der Waals surface area contributed by atoms with Crippen molar-refractivity contribution in [1.29, 1.82) is 0 Å². The molecule has 0 saturated carbocycles. The molecule has 0 radical (unpaired) electrons. The second-order valence-corrected chi connectivity index (χ2v) is 7.04. The Labute approximate surface area is 156 Å². The molecular weight excluding hydrogens is 410 g/mol. The van der Waals surface area contributed by atoms with Gasteiger partial charge in [0.05, 0.1) is 0 Å². The minimum Gasteiger partial charge on any atom is -0.444 e. The Morgan fingerprint density at radius 1 is 1.32 bits per heavy atom. The van der Waals surface area contributed by atoms with Gasteiger partial charge in [-0.1, -0.05) is 22.8 Å². The van der Waals surface area contributed by atoms with Crippen molar-refractivity contribution in [3.05, 3.63) is 51.4 Å². The van der Waals surface area contributed by atoms with Gasteiger partial charge >= 0.3 is 0 Å². The number of aromatic nitrogens is 2. The predicted octanol–water partition coefficient (Wildman–Crippen LogP) is 4.57. The quantitative estimate of drug-likeness (QED) is 0.618. The van der Waals surface area contributed by atoms with Crippen LogP contribution in [-0.2, 0) is 4.79 Å². The van der Waals surface area contributed by atoms with Gasteiger partial charge in [-0.05, 0) is 52.7 Å². The summed E-state index contributed by atoms with van der Waals surface area (Å²) >= 11 is 9.41. The van der Waals surface area contributed by atoms with Gasteiger partial charge in [-0.15, -0.1) is 0 Å². The number of carbonyl (C=O) groups excluding carboxylic acids is 1. The molecule has 1 aliphatic heterocycles. The van der Waals surface area contributed by atoms with Crippen molar-refractivity contribution in [3.8, 4) is 11.7 Å². The highest BCUT2D eigenvalue weighted by Crippen LogP contribution is 2.35. The third-order valence-corrected chi connectivity index (χ3v) is 5.08. The van der Waals surface area contributed by atoms with Gasteiger partial charge < -0.3 is 13.8 Å². The summed E-state index contributed by atoms with van der Waals surface area (Å²) in [5.74, 6) is 1.16. The summed E-state index contributed by atoms with van der Waals surface area (Å²) in [4.78, 5) is 18.6. The number of nitrogens with zero attached hydrogens (tertiary/aromatic N) is 3. The molecule has 1 saturated heterocycles. The molecule has 1 amide bonds. The first-order valence-corrected chi connectivity index (χ1v) is 8.85. The van der Waals surface area contributed by atoms with Gasteiger partial charge in [-0.25, -0.2) is 0 Å². The van der Waals surface area contributed by atoms with Crippen LogP contribution in [0.1, 0.15) is 23.7 Å². The summed E-state index contributed by atoms with van der Waals surface area (Å²) in [5, 5.41) is 4.66. The third kappa shape index (κ3) is 2.98. The van der Waals surface area contributed by atoms with Gasteiger partial charge in [0, 0.05) is 29.6 Å². The molecule has 1 aliphatic rings. The Hall–Kier alpha value is -2.12. The molecule has 1 aromatic carbocycles. The van der Waals surface area contributed by atoms with E-state index in [1.165, 1.54) is 0 Å². The lowest BCUT2D eigenvalue weighted by Crippen LogP contribution is -2.25. The number of halogens is 2. The van der Waals surface area contributed by atoms with Crippen LogP contribution in [0, 0.1) is 6.92 Å². The van der Waals surface area contributed by atoms with E-state index in [-0.39, 0.29) is 11.8 Å². The summed E-state index contributed by atoms with van der Waals surface area (Å²) < 4.78 is 11.3. The Balaban J connectivity index is 1.58.